The van der Waals surface area contributed by atoms with Crippen LogP contribution in [0.1, 0.15) is 23.4 Å². The van der Waals surface area contributed by atoms with Crippen molar-refractivity contribution in [3.05, 3.63) is 12.0 Å². The van der Waals surface area contributed by atoms with E-state index in [0.717, 1.165) is 25.1 Å². The Balaban J connectivity index is 2.00. The monoisotopic (exact) mass is 194 g/mol. The Morgan fingerprint density at radius 3 is 3.00 bits per heavy atom. The lowest BCUT2D eigenvalue weighted by molar-refractivity contribution is 0.0664. The molecule has 0 radical (unpaired) electrons. The summed E-state index contributed by atoms with van der Waals surface area (Å²) in [7, 11) is 0. The summed E-state index contributed by atoms with van der Waals surface area (Å²) in [6.07, 6.45) is 3.73. The van der Waals surface area contributed by atoms with Gasteiger partial charge in [0, 0.05) is 6.54 Å². The fourth-order valence-electron chi connectivity index (χ4n) is 1.82. The van der Waals surface area contributed by atoms with Gasteiger partial charge in [-0.15, -0.1) is 0 Å². The Morgan fingerprint density at radius 2 is 2.36 bits per heavy atom. The predicted molar refractivity (Wildman–Crippen MR) is 49.7 cm³/mol. The summed E-state index contributed by atoms with van der Waals surface area (Å²) in [5.41, 5.74) is 1.51. The third-order valence-corrected chi connectivity index (χ3v) is 2.84. The second kappa shape index (κ2) is 2.23. The summed E-state index contributed by atoms with van der Waals surface area (Å²) in [4.78, 5) is 10.7. The summed E-state index contributed by atoms with van der Waals surface area (Å²) >= 11 is 0. The maximum absolute atomic E-state index is 10.7. The van der Waals surface area contributed by atoms with Crippen LogP contribution >= 0.6 is 0 Å². The molecule has 0 aromatic carbocycles. The Morgan fingerprint density at radius 1 is 1.57 bits per heavy atom. The highest BCUT2D eigenvalue weighted by molar-refractivity contribution is 5.96. The molecule has 0 amide bonds. The number of furan rings is 1. The highest BCUT2D eigenvalue weighted by atomic mass is 16.4. The minimum absolute atomic E-state index is 0.0111. The average molecular weight is 194 g/mol. The molecule has 1 aromatic rings. The molecule has 1 saturated carbocycles. The van der Waals surface area contributed by atoms with E-state index >= 15 is 0 Å². The summed E-state index contributed by atoms with van der Waals surface area (Å²) in [6.45, 7) is 0.778. The van der Waals surface area contributed by atoms with Crippen LogP contribution < -0.4 is 10.6 Å². The van der Waals surface area contributed by atoms with Crippen LogP contribution in [0.2, 0.25) is 0 Å². The van der Waals surface area contributed by atoms with Gasteiger partial charge in [-0.25, -0.2) is 4.79 Å². The Bertz CT molecular complexity index is 406. The van der Waals surface area contributed by atoms with Crippen molar-refractivity contribution >= 4 is 17.3 Å². The molecule has 5 nitrogen and oxygen atoms in total. The van der Waals surface area contributed by atoms with Gasteiger partial charge in [-0.05, 0) is 12.8 Å². The molecule has 5 heteroatoms. The van der Waals surface area contributed by atoms with Gasteiger partial charge in [0.1, 0.15) is 12.0 Å². The van der Waals surface area contributed by atoms with Gasteiger partial charge in [-0.1, -0.05) is 0 Å². The summed E-state index contributed by atoms with van der Waals surface area (Å²) in [5.74, 6) is -1.05. The maximum Gasteiger partial charge on any atom is 0.374 e. The predicted octanol–water partition coefficient (Wildman–Crippen LogP) is 1.35. The van der Waals surface area contributed by atoms with E-state index in [1.807, 2.05) is 0 Å². The highest BCUT2D eigenvalue weighted by Crippen LogP contribution is 2.45. The lowest BCUT2D eigenvalue weighted by Gasteiger charge is -2.25. The van der Waals surface area contributed by atoms with Crippen molar-refractivity contribution in [2.24, 2.45) is 0 Å². The molecule has 0 bridgehead atoms. The van der Waals surface area contributed by atoms with Gasteiger partial charge >= 0.3 is 5.97 Å². The van der Waals surface area contributed by atoms with Crippen LogP contribution in [0.5, 0.6) is 0 Å². The van der Waals surface area contributed by atoms with Crippen LogP contribution in [0.15, 0.2) is 10.7 Å². The molecule has 1 spiro atoms. The van der Waals surface area contributed by atoms with Crippen molar-refractivity contribution < 1.29 is 14.3 Å². The number of anilines is 2. The minimum atomic E-state index is -1.03. The summed E-state index contributed by atoms with van der Waals surface area (Å²) in [5, 5.41) is 15.2. The van der Waals surface area contributed by atoms with Crippen molar-refractivity contribution in [2.75, 3.05) is 17.2 Å². The Hall–Kier alpha value is -1.65. The van der Waals surface area contributed by atoms with Gasteiger partial charge in [-0.2, -0.15) is 0 Å². The van der Waals surface area contributed by atoms with E-state index in [4.69, 9.17) is 9.52 Å². The van der Waals surface area contributed by atoms with Gasteiger partial charge in [0.15, 0.2) is 0 Å². The Kier molecular flexibility index (Phi) is 1.23. The molecule has 1 aromatic heterocycles. The molecule has 1 aliphatic carbocycles. The SMILES string of the molecule is O=C(O)c1occ2c1NCC1(CC1)N2. The van der Waals surface area contributed by atoms with E-state index in [0.29, 0.717) is 5.69 Å². The minimum Gasteiger partial charge on any atom is -0.475 e. The molecule has 1 fully saturated rings. The normalized spacial score (nSPS) is 20.9. The molecule has 2 aliphatic rings. The molecule has 0 saturated heterocycles. The zero-order valence-corrected chi connectivity index (χ0v) is 7.46. The second-order valence-electron chi connectivity index (χ2n) is 3.92. The number of rotatable bonds is 1. The maximum atomic E-state index is 10.7. The van der Waals surface area contributed by atoms with E-state index in [1.54, 1.807) is 0 Å². The molecule has 0 unspecified atom stereocenters. The van der Waals surface area contributed by atoms with E-state index < -0.39 is 5.97 Å². The third kappa shape index (κ3) is 0.921. The van der Waals surface area contributed by atoms with Gasteiger partial charge < -0.3 is 20.2 Å². The first kappa shape index (κ1) is 7.73. The van der Waals surface area contributed by atoms with Crippen molar-refractivity contribution in [3.8, 4) is 0 Å². The zero-order valence-electron chi connectivity index (χ0n) is 7.46. The van der Waals surface area contributed by atoms with Gasteiger partial charge in [-0.3, -0.25) is 0 Å². The van der Waals surface area contributed by atoms with Crippen molar-refractivity contribution in [1.82, 2.24) is 0 Å². The highest BCUT2D eigenvalue weighted by Gasteiger charge is 2.46. The molecule has 3 N–H and O–H groups in total. The fourth-order valence-corrected chi connectivity index (χ4v) is 1.82. The van der Waals surface area contributed by atoms with Gasteiger partial charge in [0.25, 0.3) is 0 Å². The third-order valence-electron chi connectivity index (χ3n) is 2.84. The van der Waals surface area contributed by atoms with Crippen molar-refractivity contribution in [3.63, 3.8) is 0 Å². The number of aromatic carboxylic acids is 1. The quantitative estimate of drug-likeness (QED) is 0.629. The van der Waals surface area contributed by atoms with Crippen LogP contribution in [-0.2, 0) is 0 Å². The fraction of sp³-hybridized carbons (Fsp3) is 0.444. The van der Waals surface area contributed by atoms with Gasteiger partial charge in [0.2, 0.25) is 5.76 Å². The number of hydrogen-bond acceptors (Lipinski definition) is 4. The van der Waals surface area contributed by atoms with Crippen molar-refractivity contribution in [2.45, 2.75) is 18.4 Å². The smallest absolute Gasteiger partial charge is 0.374 e. The topological polar surface area (TPSA) is 74.5 Å². The standard InChI is InChI=1S/C9H10N2O3/c12-8(13)7-6-5(3-14-7)11-9(1-2-9)4-10-6/h3,10-11H,1-2,4H2,(H,12,13). The summed E-state index contributed by atoms with van der Waals surface area (Å²) < 4.78 is 4.98. The van der Waals surface area contributed by atoms with Crippen molar-refractivity contribution in [1.29, 1.82) is 0 Å². The van der Waals surface area contributed by atoms with E-state index in [2.05, 4.69) is 10.6 Å². The second-order valence-corrected chi connectivity index (χ2v) is 3.92. The first-order chi connectivity index (χ1) is 6.70. The number of hydrogen-bond donors (Lipinski definition) is 3. The average Bonchev–Trinajstić information content (AvgIpc) is 2.77. The van der Waals surface area contributed by atoms with Crippen LogP contribution in [0.4, 0.5) is 11.4 Å². The molecule has 74 valence electrons. The first-order valence-electron chi connectivity index (χ1n) is 4.57. The van der Waals surface area contributed by atoms with E-state index in [-0.39, 0.29) is 11.3 Å². The Labute approximate surface area is 80.1 Å². The number of carboxylic acid groups (broad SMARTS) is 1. The van der Waals surface area contributed by atoms with Crippen LogP contribution in [-0.4, -0.2) is 23.2 Å². The number of fused-ring (bicyclic) bond motifs is 1. The van der Waals surface area contributed by atoms with Crippen LogP contribution in [0, 0.1) is 0 Å². The van der Waals surface area contributed by atoms with E-state index in [1.165, 1.54) is 6.26 Å². The molecular weight excluding hydrogens is 184 g/mol. The lowest BCUT2D eigenvalue weighted by Crippen LogP contribution is -2.34. The summed E-state index contributed by atoms with van der Waals surface area (Å²) in [6, 6.07) is 0. The first-order valence-corrected chi connectivity index (χ1v) is 4.57. The largest absolute Gasteiger partial charge is 0.475 e. The van der Waals surface area contributed by atoms with Crippen LogP contribution in [0.25, 0.3) is 0 Å². The number of carboxylic acids is 1. The number of nitrogens with one attached hydrogen (secondary N) is 2. The van der Waals surface area contributed by atoms with Gasteiger partial charge in [0.05, 0.1) is 11.2 Å². The zero-order chi connectivity index (χ0) is 9.76. The molecule has 2 heterocycles. The van der Waals surface area contributed by atoms with Crippen LogP contribution in [0.3, 0.4) is 0 Å². The molecule has 3 rings (SSSR count). The van der Waals surface area contributed by atoms with E-state index in [9.17, 15) is 4.79 Å². The lowest BCUT2D eigenvalue weighted by atomic mass is 10.1. The molecule has 1 aliphatic heterocycles. The number of carbonyl (C=O) groups is 1. The molecule has 0 atom stereocenters. The molecule has 14 heavy (non-hydrogen) atoms. The molecular formula is C9H10N2O3.